The SMILES string of the molecule is Cc1csc(CNc2c(Cl)cccc2Cl)n1. The van der Waals surface area contributed by atoms with E-state index in [1.807, 2.05) is 30.5 Å². The molecule has 5 heteroatoms. The van der Waals surface area contributed by atoms with Crippen molar-refractivity contribution in [3.05, 3.63) is 44.3 Å². The molecule has 1 aromatic carbocycles. The molecule has 1 N–H and O–H groups in total. The smallest absolute Gasteiger partial charge is 0.112 e. The molecule has 1 heterocycles. The Balaban J connectivity index is 2.10. The molecule has 0 spiro atoms. The Morgan fingerprint density at radius 1 is 1.31 bits per heavy atom. The second-order valence-electron chi connectivity index (χ2n) is 3.33. The molecule has 2 nitrogen and oxygen atoms in total. The Hall–Kier alpha value is -0.770. The van der Waals surface area contributed by atoms with Gasteiger partial charge in [0.2, 0.25) is 0 Å². The van der Waals surface area contributed by atoms with Gasteiger partial charge in [0, 0.05) is 11.1 Å². The van der Waals surface area contributed by atoms with Crippen LogP contribution in [0.15, 0.2) is 23.6 Å². The predicted octanol–water partition coefficient (Wildman–Crippen LogP) is 4.37. The highest BCUT2D eigenvalue weighted by Gasteiger charge is 2.05. The molecule has 0 amide bonds. The summed E-state index contributed by atoms with van der Waals surface area (Å²) < 4.78 is 0. The molecule has 0 saturated heterocycles. The molecule has 1 aromatic heterocycles. The van der Waals surface area contributed by atoms with E-state index < -0.39 is 0 Å². The van der Waals surface area contributed by atoms with E-state index in [4.69, 9.17) is 23.2 Å². The number of aromatic nitrogens is 1. The normalized spacial score (nSPS) is 10.4. The number of hydrogen-bond acceptors (Lipinski definition) is 3. The molecular weight excluding hydrogens is 263 g/mol. The van der Waals surface area contributed by atoms with Crippen LogP contribution in [0.25, 0.3) is 0 Å². The zero-order valence-electron chi connectivity index (χ0n) is 8.63. The lowest BCUT2D eigenvalue weighted by Gasteiger charge is -2.08. The van der Waals surface area contributed by atoms with Crippen molar-refractivity contribution in [1.29, 1.82) is 0 Å². The number of aryl methyl sites for hydroxylation is 1. The van der Waals surface area contributed by atoms with E-state index >= 15 is 0 Å². The van der Waals surface area contributed by atoms with E-state index in [1.54, 1.807) is 11.3 Å². The Bertz CT molecular complexity index is 476. The first-order valence-corrected chi connectivity index (χ1v) is 6.39. The van der Waals surface area contributed by atoms with Gasteiger partial charge in [-0.25, -0.2) is 4.98 Å². The van der Waals surface area contributed by atoms with Crippen molar-refractivity contribution in [2.24, 2.45) is 0 Å². The average Bonchev–Trinajstić information content (AvgIpc) is 2.63. The molecule has 0 fully saturated rings. The fourth-order valence-electron chi connectivity index (χ4n) is 1.31. The summed E-state index contributed by atoms with van der Waals surface area (Å²) in [4.78, 5) is 4.35. The number of halogens is 2. The van der Waals surface area contributed by atoms with Crippen LogP contribution in [-0.4, -0.2) is 4.98 Å². The van der Waals surface area contributed by atoms with E-state index in [-0.39, 0.29) is 0 Å². The number of thiazole rings is 1. The lowest BCUT2D eigenvalue weighted by atomic mass is 10.3. The van der Waals surface area contributed by atoms with Crippen molar-refractivity contribution in [1.82, 2.24) is 4.98 Å². The van der Waals surface area contributed by atoms with Crippen LogP contribution in [0.2, 0.25) is 10.0 Å². The minimum absolute atomic E-state index is 0.626. The quantitative estimate of drug-likeness (QED) is 0.898. The number of anilines is 1. The summed E-state index contributed by atoms with van der Waals surface area (Å²) in [5.41, 5.74) is 1.80. The van der Waals surface area contributed by atoms with E-state index in [1.165, 1.54) is 0 Å². The summed E-state index contributed by atoms with van der Waals surface area (Å²) in [7, 11) is 0. The maximum atomic E-state index is 6.04. The molecule has 84 valence electrons. The standard InChI is InChI=1S/C11H10Cl2N2S/c1-7-6-16-10(15-7)5-14-11-8(12)3-2-4-9(11)13/h2-4,6,14H,5H2,1H3. The van der Waals surface area contributed by atoms with Gasteiger partial charge in [-0.3, -0.25) is 0 Å². The van der Waals surface area contributed by atoms with Crippen molar-refractivity contribution < 1.29 is 0 Å². The fraction of sp³-hybridized carbons (Fsp3) is 0.182. The lowest BCUT2D eigenvalue weighted by molar-refractivity contribution is 1.08. The molecule has 0 atom stereocenters. The lowest BCUT2D eigenvalue weighted by Crippen LogP contribution is -2.00. The Labute approximate surface area is 108 Å². The van der Waals surface area contributed by atoms with Gasteiger partial charge >= 0.3 is 0 Å². The van der Waals surface area contributed by atoms with Crippen molar-refractivity contribution in [3.8, 4) is 0 Å². The van der Waals surface area contributed by atoms with Gasteiger partial charge in [-0.1, -0.05) is 29.3 Å². The predicted molar refractivity (Wildman–Crippen MR) is 70.6 cm³/mol. The maximum Gasteiger partial charge on any atom is 0.112 e. The first kappa shape index (κ1) is 11.7. The minimum atomic E-state index is 0.626. The number of nitrogens with one attached hydrogen (secondary N) is 1. The summed E-state index contributed by atoms with van der Waals surface area (Å²) >= 11 is 13.7. The topological polar surface area (TPSA) is 24.9 Å². The van der Waals surface area contributed by atoms with Crippen molar-refractivity contribution in [2.45, 2.75) is 13.5 Å². The van der Waals surface area contributed by atoms with E-state index in [2.05, 4.69) is 10.3 Å². The van der Waals surface area contributed by atoms with Crippen LogP contribution in [0, 0.1) is 6.92 Å². The summed E-state index contributed by atoms with van der Waals surface area (Å²) in [5.74, 6) is 0. The molecule has 0 bridgehead atoms. The fourth-order valence-corrected chi connectivity index (χ4v) is 2.56. The van der Waals surface area contributed by atoms with Crippen LogP contribution in [0.3, 0.4) is 0 Å². The number of hydrogen-bond donors (Lipinski definition) is 1. The molecular formula is C11H10Cl2N2S. The average molecular weight is 273 g/mol. The van der Waals surface area contributed by atoms with Crippen LogP contribution in [0.5, 0.6) is 0 Å². The molecule has 0 aliphatic carbocycles. The maximum absolute atomic E-state index is 6.04. The first-order chi connectivity index (χ1) is 7.66. The third kappa shape index (κ3) is 2.67. The zero-order valence-corrected chi connectivity index (χ0v) is 11.0. The summed E-state index contributed by atoms with van der Waals surface area (Å²) in [6.45, 7) is 2.62. The summed E-state index contributed by atoms with van der Waals surface area (Å²) in [5, 5.41) is 7.49. The van der Waals surface area contributed by atoms with Crippen LogP contribution >= 0.6 is 34.5 Å². The summed E-state index contributed by atoms with van der Waals surface area (Å²) in [6, 6.07) is 5.44. The summed E-state index contributed by atoms with van der Waals surface area (Å²) in [6.07, 6.45) is 0. The van der Waals surface area contributed by atoms with Crippen LogP contribution in [0.1, 0.15) is 10.7 Å². The third-order valence-electron chi connectivity index (χ3n) is 2.05. The largest absolute Gasteiger partial charge is 0.376 e. The molecule has 0 aliphatic rings. The monoisotopic (exact) mass is 272 g/mol. The Kier molecular flexibility index (Phi) is 3.69. The van der Waals surface area contributed by atoms with Crippen molar-refractivity contribution in [2.75, 3.05) is 5.32 Å². The molecule has 0 unspecified atom stereocenters. The highest BCUT2D eigenvalue weighted by molar-refractivity contribution is 7.09. The van der Waals surface area contributed by atoms with Gasteiger partial charge in [-0.15, -0.1) is 11.3 Å². The van der Waals surface area contributed by atoms with Crippen molar-refractivity contribution in [3.63, 3.8) is 0 Å². The molecule has 0 aliphatic heterocycles. The van der Waals surface area contributed by atoms with Gasteiger partial charge < -0.3 is 5.32 Å². The number of benzene rings is 1. The van der Waals surface area contributed by atoms with E-state index in [0.717, 1.165) is 16.4 Å². The molecule has 16 heavy (non-hydrogen) atoms. The highest BCUT2D eigenvalue weighted by Crippen LogP contribution is 2.30. The third-order valence-corrected chi connectivity index (χ3v) is 3.64. The van der Waals surface area contributed by atoms with E-state index in [9.17, 15) is 0 Å². The number of rotatable bonds is 3. The minimum Gasteiger partial charge on any atom is -0.376 e. The Morgan fingerprint density at radius 3 is 2.56 bits per heavy atom. The van der Waals surface area contributed by atoms with Crippen LogP contribution in [-0.2, 0) is 6.54 Å². The number of nitrogens with zero attached hydrogens (tertiary/aromatic N) is 1. The van der Waals surface area contributed by atoms with Crippen LogP contribution in [0.4, 0.5) is 5.69 Å². The van der Waals surface area contributed by atoms with Gasteiger partial charge in [0.1, 0.15) is 5.01 Å². The van der Waals surface area contributed by atoms with Gasteiger partial charge in [-0.2, -0.15) is 0 Å². The molecule has 2 rings (SSSR count). The zero-order chi connectivity index (χ0) is 11.5. The second kappa shape index (κ2) is 5.04. The molecule has 2 aromatic rings. The van der Waals surface area contributed by atoms with Crippen molar-refractivity contribution >= 4 is 40.2 Å². The highest BCUT2D eigenvalue weighted by atomic mass is 35.5. The second-order valence-corrected chi connectivity index (χ2v) is 5.09. The molecule has 0 radical (unpaired) electrons. The van der Waals surface area contributed by atoms with Gasteiger partial charge in [0.15, 0.2) is 0 Å². The van der Waals surface area contributed by atoms with E-state index in [0.29, 0.717) is 16.6 Å². The first-order valence-electron chi connectivity index (χ1n) is 4.75. The van der Waals surface area contributed by atoms with Gasteiger partial charge in [-0.05, 0) is 19.1 Å². The van der Waals surface area contributed by atoms with Gasteiger partial charge in [0.25, 0.3) is 0 Å². The molecule has 0 saturated carbocycles. The van der Waals surface area contributed by atoms with Gasteiger partial charge in [0.05, 0.1) is 22.3 Å². The van der Waals surface area contributed by atoms with Crippen LogP contribution < -0.4 is 5.32 Å². The Morgan fingerprint density at radius 2 is 2.00 bits per heavy atom. The number of para-hydroxylation sites is 1.